The average Bonchev–Trinajstić information content (AvgIpc) is 2.67. The average molecular weight is 349 g/mol. The molecule has 0 unspecified atom stereocenters. The van der Waals surface area contributed by atoms with Crippen LogP contribution in [-0.2, 0) is 6.54 Å². The van der Waals surface area contributed by atoms with Crippen molar-refractivity contribution in [2.24, 2.45) is 0 Å². The Bertz CT molecular complexity index is 845. The van der Waals surface area contributed by atoms with E-state index in [9.17, 15) is 5.11 Å². The Balaban J connectivity index is 1.55. The molecule has 0 aliphatic rings. The molecule has 0 saturated heterocycles. The first-order valence-electron chi connectivity index (χ1n) is 9.10. The molecule has 26 heavy (non-hydrogen) atoms. The molecule has 4 nitrogen and oxygen atoms in total. The van der Waals surface area contributed by atoms with Gasteiger partial charge in [-0.2, -0.15) is 0 Å². The van der Waals surface area contributed by atoms with Gasteiger partial charge >= 0.3 is 0 Å². The number of aliphatic hydroxyl groups excluding tert-OH is 1. The van der Waals surface area contributed by atoms with Crippen molar-refractivity contribution < 1.29 is 5.11 Å². The first kappa shape index (κ1) is 18.4. The van der Waals surface area contributed by atoms with Crippen molar-refractivity contribution in [3.8, 4) is 0 Å². The molecular formula is C22H27N3O. The number of fused-ring (bicyclic) bond motifs is 1. The van der Waals surface area contributed by atoms with Crippen LogP contribution < -0.4 is 10.2 Å². The quantitative estimate of drug-likeness (QED) is 0.679. The molecule has 0 radical (unpaired) electrons. The molecule has 0 spiro atoms. The summed E-state index contributed by atoms with van der Waals surface area (Å²) in [6.07, 6.45) is 1.36. The van der Waals surface area contributed by atoms with Crippen LogP contribution in [0.3, 0.4) is 0 Å². The van der Waals surface area contributed by atoms with Crippen molar-refractivity contribution in [3.05, 3.63) is 71.9 Å². The highest BCUT2D eigenvalue weighted by Crippen LogP contribution is 2.20. The molecule has 2 N–H and O–H groups in total. The molecule has 0 saturated carbocycles. The highest BCUT2D eigenvalue weighted by atomic mass is 16.3. The van der Waals surface area contributed by atoms with Gasteiger partial charge in [0.1, 0.15) is 5.82 Å². The van der Waals surface area contributed by atoms with Crippen LogP contribution >= 0.6 is 0 Å². The van der Waals surface area contributed by atoms with Gasteiger partial charge in [0.05, 0.1) is 6.10 Å². The third-order valence-electron chi connectivity index (χ3n) is 4.77. The molecule has 1 aromatic heterocycles. The van der Waals surface area contributed by atoms with Crippen molar-refractivity contribution >= 4 is 16.6 Å². The van der Waals surface area contributed by atoms with Gasteiger partial charge in [-0.05, 0) is 47.9 Å². The molecule has 1 atom stereocenters. The Morgan fingerprint density at radius 2 is 1.81 bits per heavy atom. The summed E-state index contributed by atoms with van der Waals surface area (Å²) in [5, 5.41) is 16.1. The van der Waals surface area contributed by atoms with Crippen LogP contribution in [0.2, 0.25) is 0 Å². The number of anilines is 1. The predicted octanol–water partition coefficient (Wildman–Crippen LogP) is 3.90. The predicted molar refractivity (Wildman–Crippen MR) is 108 cm³/mol. The molecule has 4 heteroatoms. The van der Waals surface area contributed by atoms with Gasteiger partial charge in [0, 0.05) is 32.4 Å². The molecule has 136 valence electrons. The van der Waals surface area contributed by atoms with Gasteiger partial charge in [-0.15, -0.1) is 0 Å². The van der Waals surface area contributed by atoms with Crippen LogP contribution in [0.15, 0.2) is 60.8 Å². The van der Waals surface area contributed by atoms with Crippen LogP contribution in [0, 0.1) is 0 Å². The SMILES string of the molecule is CC(C)N(C)c1ccc(CNC[C@@H](O)c2ccc3ccccc3c2)cn1. The number of aliphatic hydroxyl groups is 1. The fourth-order valence-corrected chi connectivity index (χ4v) is 2.88. The summed E-state index contributed by atoms with van der Waals surface area (Å²) < 4.78 is 0. The number of aromatic nitrogens is 1. The molecule has 0 amide bonds. The number of nitrogens with one attached hydrogen (secondary N) is 1. The maximum absolute atomic E-state index is 10.5. The first-order chi connectivity index (χ1) is 12.5. The van der Waals surface area contributed by atoms with Gasteiger partial charge in [-0.1, -0.05) is 42.5 Å². The standard InChI is InChI=1S/C22H27N3O/c1-16(2)25(3)22-11-8-17(14-24-22)13-23-15-21(26)20-10-9-18-6-4-5-7-19(18)12-20/h4-12,14,16,21,23,26H,13,15H2,1-3H3/t21-/m1/s1. The van der Waals surface area contributed by atoms with E-state index in [4.69, 9.17) is 0 Å². The third-order valence-corrected chi connectivity index (χ3v) is 4.77. The first-order valence-corrected chi connectivity index (χ1v) is 9.10. The molecule has 3 rings (SSSR count). The zero-order valence-electron chi connectivity index (χ0n) is 15.7. The summed E-state index contributed by atoms with van der Waals surface area (Å²) in [5.41, 5.74) is 2.04. The van der Waals surface area contributed by atoms with Gasteiger partial charge in [0.25, 0.3) is 0 Å². The van der Waals surface area contributed by atoms with Crippen molar-refractivity contribution in [1.29, 1.82) is 0 Å². The minimum absolute atomic E-state index is 0.420. The maximum atomic E-state index is 10.5. The van der Waals surface area contributed by atoms with Gasteiger partial charge in [0.15, 0.2) is 0 Å². The lowest BCUT2D eigenvalue weighted by molar-refractivity contribution is 0.174. The molecular weight excluding hydrogens is 322 g/mol. The minimum atomic E-state index is -0.529. The van der Waals surface area contributed by atoms with Crippen LogP contribution in [0.4, 0.5) is 5.82 Å². The highest BCUT2D eigenvalue weighted by molar-refractivity contribution is 5.83. The Morgan fingerprint density at radius 1 is 1.04 bits per heavy atom. The molecule has 2 aromatic carbocycles. The molecule has 0 fully saturated rings. The zero-order chi connectivity index (χ0) is 18.5. The Morgan fingerprint density at radius 3 is 2.50 bits per heavy atom. The Labute approximate surface area is 155 Å². The van der Waals surface area contributed by atoms with Gasteiger partial charge in [-0.3, -0.25) is 0 Å². The fourth-order valence-electron chi connectivity index (χ4n) is 2.88. The lowest BCUT2D eigenvalue weighted by Gasteiger charge is -2.22. The number of benzene rings is 2. The largest absolute Gasteiger partial charge is 0.387 e. The second kappa shape index (κ2) is 8.30. The van der Waals surface area contributed by atoms with Crippen LogP contribution in [0.5, 0.6) is 0 Å². The smallest absolute Gasteiger partial charge is 0.128 e. The van der Waals surface area contributed by atoms with E-state index in [-0.39, 0.29) is 0 Å². The summed E-state index contributed by atoms with van der Waals surface area (Å²) in [6, 6.07) is 18.8. The second-order valence-corrected chi connectivity index (χ2v) is 6.98. The normalized spacial score (nSPS) is 12.5. The molecule has 0 bridgehead atoms. The zero-order valence-corrected chi connectivity index (χ0v) is 15.7. The third kappa shape index (κ3) is 4.40. The monoisotopic (exact) mass is 349 g/mol. The number of pyridine rings is 1. The Kier molecular flexibility index (Phi) is 5.86. The second-order valence-electron chi connectivity index (χ2n) is 6.98. The van der Waals surface area contributed by atoms with Gasteiger partial charge in [0.2, 0.25) is 0 Å². The van der Waals surface area contributed by atoms with E-state index in [0.717, 1.165) is 22.3 Å². The van der Waals surface area contributed by atoms with Crippen LogP contribution in [0.25, 0.3) is 10.8 Å². The van der Waals surface area contributed by atoms with Crippen molar-refractivity contribution in [1.82, 2.24) is 10.3 Å². The number of rotatable bonds is 7. The molecule has 0 aliphatic heterocycles. The number of hydrogen-bond donors (Lipinski definition) is 2. The lowest BCUT2D eigenvalue weighted by Crippen LogP contribution is -2.26. The summed E-state index contributed by atoms with van der Waals surface area (Å²) >= 11 is 0. The van der Waals surface area contributed by atoms with Gasteiger partial charge < -0.3 is 15.3 Å². The Hall–Kier alpha value is -2.43. The van der Waals surface area contributed by atoms with E-state index in [1.165, 1.54) is 5.39 Å². The van der Waals surface area contributed by atoms with Crippen molar-refractivity contribution in [2.75, 3.05) is 18.5 Å². The van der Waals surface area contributed by atoms with E-state index in [1.807, 2.05) is 37.5 Å². The molecule has 1 heterocycles. The summed E-state index contributed by atoms with van der Waals surface area (Å²) in [7, 11) is 2.05. The molecule has 3 aromatic rings. The van der Waals surface area contributed by atoms with E-state index in [0.29, 0.717) is 19.1 Å². The summed E-state index contributed by atoms with van der Waals surface area (Å²) in [5.74, 6) is 0.972. The number of nitrogens with zero attached hydrogens (tertiary/aromatic N) is 2. The topological polar surface area (TPSA) is 48.4 Å². The minimum Gasteiger partial charge on any atom is -0.387 e. The van der Waals surface area contributed by atoms with Crippen molar-refractivity contribution in [2.45, 2.75) is 32.5 Å². The van der Waals surface area contributed by atoms with Crippen LogP contribution in [-0.4, -0.2) is 29.7 Å². The van der Waals surface area contributed by atoms with E-state index >= 15 is 0 Å². The lowest BCUT2D eigenvalue weighted by atomic mass is 10.0. The summed E-state index contributed by atoms with van der Waals surface area (Å²) in [6.45, 7) is 5.48. The fraction of sp³-hybridized carbons (Fsp3) is 0.318. The van der Waals surface area contributed by atoms with E-state index < -0.39 is 6.10 Å². The maximum Gasteiger partial charge on any atom is 0.128 e. The molecule has 0 aliphatic carbocycles. The van der Waals surface area contributed by atoms with E-state index in [1.54, 1.807) is 0 Å². The highest BCUT2D eigenvalue weighted by Gasteiger charge is 2.09. The summed E-state index contributed by atoms with van der Waals surface area (Å²) in [4.78, 5) is 6.65. The van der Waals surface area contributed by atoms with Crippen molar-refractivity contribution in [3.63, 3.8) is 0 Å². The van der Waals surface area contributed by atoms with Crippen LogP contribution in [0.1, 0.15) is 31.1 Å². The van der Waals surface area contributed by atoms with E-state index in [2.05, 4.69) is 59.4 Å². The van der Waals surface area contributed by atoms with Gasteiger partial charge in [-0.25, -0.2) is 4.98 Å². The number of hydrogen-bond acceptors (Lipinski definition) is 4.